The molecule has 0 aliphatic heterocycles. The van der Waals surface area contributed by atoms with Crippen molar-refractivity contribution >= 4 is 5.96 Å². The number of guanidine groups is 1. The predicted molar refractivity (Wildman–Crippen MR) is 85.2 cm³/mol. The van der Waals surface area contributed by atoms with Crippen LogP contribution in [0.25, 0.3) is 0 Å². The topological polar surface area (TPSA) is 45.7 Å². The zero-order valence-electron chi connectivity index (χ0n) is 12.9. The zero-order valence-corrected chi connectivity index (χ0v) is 12.9. The molecule has 0 radical (unpaired) electrons. The molecule has 0 saturated carbocycles. The summed E-state index contributed by atoms with van der Waals surface area (Å²) in [5, 5.41) is 6.39. The summed E-state index contributed by atoms with van der Waals surface area (Å²) in [5.74, 6) is 1.64. The van der Waals surface area contributed by atoms with Crippen LogP contribution < -0.4 is 15.4 Å². The number of para-hydroxylation sites is 1. The summed E-state index contributed by atoms with van der Waals surface area (Å²) in [6.45, 7) is 11.1. The summed E-state index contributed by atoms with van der Waals surface area (Å²) in [7, 11) is 1.75. The van der Waals surface area contributed by atoms with Crippen LogP contribution in [-0.2, 0) is 6.54 Å². The van der Waals surface area contributed by atoms with Crippen molar-refractivity contribution in [2.75, 3.05) is 13.6 Å². The highest BCUT2D eigenvalue weighted by Gasteiger charge is 2.14. The Morgan fingerprint density at radius 3 is 2.60 bits per heavy atom. The molecule has 4 nitrogen and oxygen atoms in total. The number of hydrogen-bond donors (Lipinski definition) is 2. The van der Waals surface area contributed by atoms with Gasteiger partial charge in [0, 0.05) is 25.7 Å². The summed E-state index contributed by atoms with van der Waals surface area (Å²) >= 11 is 0. The highest BCUT2D eigenvalue weighted by atomic mass is 16.5. The van der Waals surface area contributed by atoms with Crippen molar-refractivity contribution in [3.63, 3.8) is 0 Å². The number of rotatable bonds is 5. The van der Waals surface area contributed by atoms with Crippen molar-refractivity contribution in [3.05, 3.63) is 42.5 Å². The first kappa shape index (κ1) is 16.1. The number of hydrogen-bond acceptors (Lipinski definition) is 2. The second-order valence-electron chi connectivity index (χ2n) is 5.42. The average Bonchev–Trinajstić information content (AvgIpc) is 2.39. The molecule has 0 aliphatic rings. The molecule has 0 aromatic heterocycles. The molecule has 0 atom stereocenters. The number of ether oxygens (including phenoxy) is 1. The molecule has 1 aromatic rings. The van der Waals surface area contributed by atoms with Gasteiger partial charge < -0.3 is 15.4 Å². The van der Waals surface area contributed by atoms with Crippen LogP contribution in [-0.4, -0.2) is 25.2 Å². The van der Waals surface area contributed by atoms with Gasteiger partial charge in [-0.3, -0.25) is 4.99 Å². The minimum absolute atomic E-state index is 0.209. The van der Waals surface area contributed by atoms with Crippen LogP contribution in [0.4, 0.5) is 0 Å². The molecule has 0 unspecified atom stereocenters. The normalized spacial score (nSPS) is 11.9. The highest BCUT2D eigenvalue weighted by molar-refractivity contribution is 5.79. The van der Waals surface area contributed by atoms with Crippen molar-refractivity contribution in [2.24, 2.45) is 4.99 Å². The van der Waals surface area contributed by atoms with Crippen LogP contribution in [0.5, 0.6) is 5.75 Å². The van der Waals surface area contributed by atoms with E-state index in [-0.39, 0.29) is 5.60 Å². The Kier molecular flexibility index (Phi) is 6.10. The van der Waals surface area contributed by atoms with Gasteiger partial charge in [-0.2, -0.15) is 0 Å². The fourth-order valence-electron chi connectivity index (χ4n) is 1.65. The van der Waals surface area contributed by atoms with E-state index in [1.807, 2.05) is 39.0 Å². The largest absolute Gasteiger partial charge is 0.488 e. The van der Waals surface area contributed by atoms with Crippen LogP contribution in [0.15, 0.2) is 41.9 Å². The molecule has 0 amide bonds. The molecule has 0 bridgehead atoms. The first-order valence-corrected chi connectivity index (χ1v) is 6.78. The minimum atomic E-state index is -0.209. The third-order valence-electron chi connectivity index (χ3n) is 2.47. The van der Waals surface area contributed by atoms with Gasteiger partial charge in [-0.1, -0.05) is 24.3 Å². The quantitative estimate of drug-likeness (QED) is 0.493. The van der Waals surface area contributed by atoms with E-state index in [2.05, 4.69) is 28.3 Å². The number of nitrogens with one attached hydrogen (secondary N) is 2. The Morgan fingerprint density at radius 2 is 2.00 bits per heavy atom. The van der Waals surface area contributed by atoms with E-state index in [9.17, 15) is 0 Å². The van der Waals surface area contributed by atoms with Gasteiger partial charge in [0.1, 0.15) is 11.4 Å². The van der Waals surface area contributed by atoms with E-state index < -0.39 is 0 Å². The maximum atomic E-state index is 5.96. The van der Waals surface area contributed by atoms with Crippen molar-refractivity contribution < 1.29 is 4.74 Å². The third kappa shape index (κ3) is 5.78. The average molecular weight is 275 g/mol. The summed E-state index contributed by atoms with van der Waals surface area (Å²) in [5.41, 5.74) is 0.891. The van der Waals surface area contributed by atoms with Crippen LogP contribution in [0.2, 0.25) is 0 Å². The van der Waals surface area contributed by atoms with Gasteiger partial charge >= 0.3 is 0 Å². The summed E-state index contributed by atoms with van der Waals surface area (Å²) in [4.78, 5) is 4.15. The Bertz CT molecular complexity index is 461. The first-order chi connectivity index (χ1) is 9.46. The SMILES string of the molecule is C=CCNC(=NC)NCc1ccccc1OC(C)(C)C. The van der Waals surface area contributed by atoms with Gasteiger partial charge in [0.25, 0.3) is 0 Å². The fraction of sp³-hybridized carbons (Fsp3) is 0.438. The Balaban J connectivity index is 2.70. The van der Waals surface area contributed by atoms with Gasteiger partial charge in [-0.15, -0.1) is 6.58 Å². The Labute approximate surface area is 121 Å². The van der Waals surface area contributed by atoms with Gasteiger partial charge in [0.15, 0.2) is 5.96 Å². The second kappa shape index (κ2) is 7.58. The third-order valence-corrected chi connectivity index (χ3v) is 2.47. The Morgan fingerprint density at radius 1 is 1.30 bits per heavy atom. The lowest BCUT2D eigenvalue weighted by molar-refractivity contribution is 0.129. The molecular formula is C16H25N3O. The molecule has 0 spiro atoms. The fourth-order valence-corrected chi connectivity index (χ4v) is 1.65. The molecule has 1 aromatic carbocycles. The molecule has 20 heavy (non-hydrogen) atoms. The first-order valence-electron chi connectivity index (χ1n) is 6.78. The molecular weight excluding hydrogens is 250 g/mol. The standard InChI is InChI=1S/C16H25N3O/c1-6-11-18-15(17-5)19-12-13-9-7-8-10-14(13)20-16(2,3)4/h6-10H,1,11-12H2,2-5H3,(H2,17,18,19). The Hall–Kier alpha value is -1.97. The smallest absolute Gasteiger partial charge is 0.191 e. The minimum Gasteiger partial charge on any atom is -0.488 e. The molecule has 4 heteroatoms. The lowest BCUT2D eigenvalue weighted by atomic mass is 10.1. The zero-order chi connectivity index (χ0) is 15.0. The number of aliphatic imine (C=N–C) groups is 1. The van der Waals surface area contributed by atoms with Crippen LogP contribution in [0, 0.1) is 0 Å². The van der Waals surface area contributed by atoms with Crippen LogP contribution in [0.1, 0.15) is 26.3 Å². The summed E-state index contributed by atoms with van der Waals surface area (Å²) < 4.78 is 5.96. The lowest BCUT2D eigenvalue weighted by Crippen LogP contribution is -2.37. The molecule has 2 N–H and O–H groups in total. The lowest BCUT2D eigenvalue weighted by Gasteiger charge is -2.23. The van der Waals surface area contributed by atoms with Crippen molar-refractivity contribution in [1.29, 1.82) is 0 Å². The van der Waals surface area contributed by atoms with Crippen molar-refractivity contribution in [1.82, 2.24) is 10.6 Å². The molecule has 0 heterocycles. The monoisotopic (exact) mass is 275 g/mol. The molecule has 110 valence electrons. The number of benzene rings is 1. The van der Waals surface area contributed by atoms with Crippen LogP contribution >= 0.6 is 0 Å². The van der Waals surface area contributed by atoms with Crippen LogP contribution in [0.3, 0.4) is 0 Å². The van der Waals surface area contributed by atoms with E-state index >= 15 is 0 Å². The van der Waals surface area contributed by atoms with Gasteiger partial charge in [0.2, 0.25) is 0 Å². The van der Waals surface area contributed by atoms with E-state index in [4.69, 9.17) is 4.74 Å². The maximum Gasteiger partial charge on any atom is 0.191 e. The summed E-state index contributed by atoms with van der Waals surface area (Å²) in [6.07, 6.45) is 1.80. The van der Waals surface area contributed by atoms with Gasteiger partial charge in [-0.25, -0.2) is 0 Å². The molecule has 0 fully saturated rings. The number of nitrogens with zero attached hydrogens (tertiary/aromatic N) is 1. The van der Waals surface area contributed by atoms with E-state index in [1.54, 1.807) is 13.1 Å². The summed E-state index contributed by atoms with van der Waals surface area (Å²) in [6, 6.07) is 8.03. The highest BCUT2D eigenvalue weighted by Crippen LogP contribution is 2.22. The second-order valence-corrected chi connectivity index (χ2v) is 5.42. The molecule has 1 rings (SSSR count). The van der Waals surface area contributed by atoms with Gasteiger partial charge in [0.05, 0.1) is 0 Å². The molecule has 0 saturated heterocycles. The molecule has 0 aliphatic carbocycles. The van der Waals surface area contributed by atoms with E-state index in [0.717, 1.165) is 17.3 Å². The van der Waals surface area contributed by atoms with Crippen molar-refractivity contribution in [3.8, 4) is 5.75 Å². The maximum absolute atomic E-state index is 5.96. The van der Waals surface area contributed by atoms with E-state index in [1.165, 1.54) is 0 Å². The van der Waals surface area contributed by atoms with Crippen molar-refractivity contribution in [2.45, 2.75) is 32.9 Å². The van der Waals surface area contributed by atoms with E-state index in [0.29, 0.717) is 13.1 Å². The van der Waals surface area contributed by atoms with Gasteiger partial charge in [-0.05, 0) is 26.8 Å². The predicted octanol–water partition coefficient (Wildman–Crippen LogP) is 2.71.